The third-order valence-corrected chi connectivity index (χ3v) is 12.3. The van der Waals surface area contributed by atoms with Gasteiger partial charge in [0.2, 0.25) is 0 Å². The number of para-hydroxylation sites is 2. The molecule has 0 saturated heterocycles. The Balaban J connectivity index is 1.02. The summed E-state index contributed by atoms with van der Waals surface area (Å²) in [6.45, 7) is 9.35. The van der Waals surface area contributed by atoms with E-state index in [4.69, 9.17) is 11.5 Å². The molecule has 0 amide bonds. The monoisotopic (exact) mass is 659 g/mol. The molecule has 4 N–H and O–H groups in total. The average molecular weight is 660 g/mol. The Hall–Kier alpha value is -5.64. The lowest BCUT2D eigenvalue weighted by Gasteiger charge is -2.36. The maximum atomic E-state index is 7.39. The predicted molar refractivity (Wildman–Crippen MR) is 214 cm³/mol. The third kappa shape index (κ3) is 4.16. The van der Waals surface area contributed by atoms with Gasteiger partial charge in [-0.05, 0) is 116 Å². The number of allylic oxidation sites excluding steroid dienone is 2. The van der Waals surface area contributed by atoms with Gasteiger partial charge in [0, 0.05) is 33.0 Å². The summed E-state index contributed by atoms with van der Waals surface area (Å²) >= 11 is 0. The molecule has 3 heteroatoms. The fraction of sp³-hybridized carbons (Fsp3) is 0.167. The van der Waals surface area contributed by atoms with Crippen LogP contribution in [0.15, 0.2) is 145 Å². The largest absolute Gasteiger partial charge is 0.399 e. The number of nitrogens with two attached hydrogens (primary N) is 2. The Kier molecular flexibility index (Phi) is 6.05. The lowest BCUT2D eigenvalue weighted by Crippen LogP contribution is -2.38. The standard InChI is InChI=1S/C48H41N3/c1-46(2)40-25-30(29-15-21-45-39(24-29)38-12-8-9-13-44(38)51(45)33-10-6-5-7-11-33)14-18-34(40)35-19-16-31(26-41(35)46)48(50)23-22-37-36-20-17-32(49)27-42(36)47(3,4)43(37)28-48/h5-27H,28,49-50H2,1-4H3. The second kappa shape index (κ2) is 10.2. The second-order valence-electron chi connectivity index (χ2n) is 15.9. The summed E-state index contributed by atoms with van der Waals surface area (Å²) in [6, 6.07) is 46.7. The number of rotatable bonds is 3. The average Bonchev–Trinajstić information content (AvgIpc) is 3.67. The van der Waals surface area contributed by atoms with Crippen molar-refractivity contribution in [2.75, 3.05) is 5.73 Å². The van der Waals surface area contributed by atoms with Crippen LogP contribution < -0.4 is 11.5 Å². The third-order valence-electron chi connectivity index (χ3n) is 12.3. The normalized spacial score (nSPS) is 19.3. The van der Waals surface area contributed by atoms with Crippen LogP contribution in [0.4, 0.5) is 5.69 Å². The van der Waals surface area contributed by atoms with Crippen LogP contribution in [0.25, 0.3) is 55.3 Å². The van der Waals surface area contributed by atoms with Crippen LogP contribution in [0, 0.1) is 0 Å². The molecule has 0 bridgehead atoms. The summed E-state index contributed by atoms with van der Waals surface area (Å²) in [7, 11) is 0. The molecule has 1 unspecified atom stereocenters. The van der Waals surface area contributed by atoms with Crippen LogP contribution in [-0.4, -0.2) is 4.57 Å². The van der Waals surface area contributed by atoms with Crippen molar-refractivity contribution in [3.05, 3.63) is 173 Å². The summed E-state index contributed by atoms with van der Waals surface area (Å²) in [6.07, 6.45) is 5.27. The van der Waals surface area contributed by atoms with E-state index in [9.17, 15) is 0 Å². The number of hydrogen-bond donors (Lipinski definition) is 2. The molecule has 248 valence electrons. The first-order valence-corrected chi connectivity index (χ1v) is 18.1. The number of benzene rings is 6. The van der Waals surface area contributed by atoms with Crippen LogP contribution in [0.3, 0.4) is 0 Å². The fourth-order valence-corrected chi connectivity index (χ4v) is 9.48. The van der Waals surface area contributed by atoms with Crippen molar-refractivity contribution in [3.8, 4) is 27.9 Å². The molecule has 1 aromatic heterocycles. The van der Waals surface area contributed by atoms with Gasteiger partial charge in [-0.25, -0.2) is 0 Å². The molecule has 1 atom stereocenters. The highest BCUT2D eigenvalue weighted by molar-refractivity contribution is 6.10. The highest BCUT2D eigenvalue weighted by atomic mass is 15.0. The molecule has 0 saturated carbocycles. The Bertz CT molecular complexity index is 2680. The summed E-state index contributed by atoms with van der Waals surface area (Å²) in [5.74, 6) is 0. The summed E-state index contributed by atoms with van der Waals surface area (Å²) < 4.78 is 2.37. The maximum absolute atomic E-state index is 7.39. The first-order chi connectivity index (χ1) is 24.5. The minimum absolute atomic E-state index is 0.127. The van der Waals surface area contributed by atoms with Crippen LogP contribution in [-0.2, 0) is 16.4 Å². The smallest absolute Gasteiger partial charge is 0.0637 e. The van der Waals surface area contributed by atoms with E-state index in [1.54, 1.807) is 0 Å². The zero-order chi connectivity index (χ0) is 34.9. The van der Waals surface area contributed by atoms with E-state index in [-0.39, 0.29) is 10.8 Å². The first-order valence-electron chi connectivity index (χ1n) is 18.1. The Labute approximate surface area is 299 Å². The van der Waals surface area contributed by atoms with Gasteiger partial charge >= 0.3 is 0 Å². The molecule has 10 rings (SSSR count). The Morgan fingerprint density at radius 1 is 0.569 bits per heavy atom. The summed E-state index contributed by atoms with van der Waals surface area (Å²) in [5.41, 5.74) is 31.4. The van der Waals surface area contributed by atoms with Crippen molar-refractivity contribution in [1.29, 1.82) is 0 Å². The van der Waals surface area contributed by atoms with Crippen LogP contribution in [0.5, 0.6) is 0 Å². The number of nitrogen functional groups attached to an aromatic ring is 1. The maximum Gasteiger partial charge on any atom is 0.0637 e. The number of nitrogens with zero attached hydrogens (tertiary/aromatic N) is 1. The topological polar surface area (TPSA) is 57.0 Å². The van der Waals surface area contributed by atoms with Crippen LogP contribution in [0.1, 0.15) is 61.9 Å². The van der Waals surface area contributed by atoms with Gasteiger partial charge in [-0.2, -0.15) is 0 Å². The fourth-order valence-electron chi connectivity index (χ4n) is 9.48. The molecule has 1 heterocycles. The van der Waals surface area contributed by atoms with E-state index in [1.165, 1.54) is 83.1 Å². The Morgan fingerprint density at radius 3 is 2.04 bits per heavy atom. The van der Waals surface area contributed by atoms with Gasteiger partial charge in [0.15, 0.2) is 0 Å². The number of anilines is 1. The van der Waals surface area contributed by atoms with Crippen molar-refractivity contribution < 1.29 is 0 Å². The quantitative estimate of drug-likeness (QED) is 0.186. The van der Waals surface area contributed by atoms with E-state index in [0.717, 1.165) is 17.7 Å². The van der Waals surface area contributed by atoms with Crippen molar-refractivity contribution in [2.45, 2.75) is 50.5 Å². The SMILES string of the molecule is CC1(C)C2=C(C=CC(N)(c3ccc4c(c3)C(C)(C)c3cc(-c5ccc6c(c5)c5ccccc5n6-c5ccccc5)ccc3-4)C2)c2ccc(N)cc21. The van der Waals surface area contributed by atoms with Crippen molar-refractivity contribution in [1.82, 2.24) is 4.57 Å². The molecule has 6 aromatic carbocycles. The molecule has 0 spiro atoms. The van der Waals surface area contributed by atoms with E-state index in [2.05, 4.69) is 166 Å². The highest BCUT2D eigenvalue weighted by Crippen LogP contribution is 2.55. The van der Waals surface area contributed by atoms with Gasteiger partial charge in [-0.15, -0.1) is 0 Å². The minimum Gasteiger partial charge on any atom is -0.399 e. The van der Waals surface area contributed by atoms with Gasteiger partial charge in [0.05, 0.1) is 16.6 Å². The molecule has 0 radical (unpaired) electrons. The second-order valence-corrected chi connectivity index (χ2v) is 15.9. The molecule has 3 nitrogen and oxygen atoms in total. The number of fused-ring (bicyclic) bond motifs is 8. The summed E-state index contributed by atoms with van der Waals surface area (Å²) in [5, 5.41) is 2.53. The first kappa shape index (κ1) is 30.2. The summed E-state index contributed by atoms with van der Waals surface area (Å²) in [4.78, 5) is 0. The number of aromatic nitrogens is 1. The van der Waals surface area contributed by atoms with Gasteiger partial charge in [-0.1, -0.05) is 119 Å². The molecule has 51 heavy (non-hydrogen) atoms. The molecule has 3 aliphatic rings. The van der Waals surface area contributed by atoms with Crippen molar-refractivity contribution in [2.24, 2.45) is 5.73 Å². The Morgan fingerprint density at radius 2 is 1.22 bits per heavy atom. The van der Waals surface area contributed by atoms with E-state index >= 15 is 0 Å². The highest BCUT2D eigenvalue weighted by Gasteiger charge is 2.44. The zero-order valence-corrected chi connectivity index (χ0v) is 29.6. The van der Waals surface area contributed by atoms with Gasteiger partial charge in [0.25, 0.3) is 0 Å². The van der Waals surface area contributed by atoms with E-state index in [0.29, 0.717) is 0 Å². The molecule has 0 aliphatic heterocycles. The van der Waals surface area contributed by atoms with Gasteiger partial charge in [0.1, 0.15) is 0 Å². The van der Waals surface area contributed by atoms with Crippen molar-refractivity contribution >= 4 is 33.1 Å². The van der Waals surface area contributed by atoms with E-state index < -0.39 is 5.54 Å². The van der Waals surface area contributed by atoms with Crippen molar-refractivity contribution in [3.63, 3.8) is 0 Å². The predicted octanol–water partition coefficient (Wildman–Crippen LogP) is 11.2. The van der Waals surface area contributed by atoms with Gasteiger partial charge in [-0.3, -0.25) is 0 Å². The zero-order valence-electron chi connectivity index (χ0n) is 29.6. The lowest BCUT2D eigenvalue weighted by atomic mass is 9.71. The van der Waals surface area contributed by atoms with E-state index in [1.807, 2.05) is 6.07 Å². The minimum atomic E-state index is -0.594. The molecular weight excluding hydrogens is 619 g/mol. The molecular formula is C48H41N3. The lowest BCUT2D eigenvalue weighted by molar-refractivity contribution is 0.493. The number of hydrogen-bond acceptors (Lipinski definition) is 2. The molecule has 7 aromatic rings. The molecule has 3 aliphatic carbocycles. The van der Waals surface area contributed by atoms with Crippen LogP contribution in [0.2, 0.25) is 0 Å². The molecule has 0 fully saturated rings. The van der Waals surface area contributed by atoms with Gasteiger partial charge < -0.3 is 16.0 Å². The van der Waals surface area contributed by atoms with Crippen LogP contribution >= 0.6 is 0 Å².